The van der Waals surface area contributed by atoms with Crippen molar-refractivity contribution in [2.24, 2.45) is 0 Å². The zero-order valence-corrected chi connectivity index (χ0v) is 11.9. The molecule has 0 radical (unpaired) electrons. The number of hydrogen-bond donors (Lipinski definition) is 2. The standard InChI is InChI=1S/C12H17BrN4O/c1-14-11-10(13)12(16-6-15-11)17-7-2-3-8(17)5-9(18)4-7/h6-9,18H,2-5H2,1H3,(H,14,15,16). The Morgan fingerprint density at radius 3 is 2.61 bits per heavy atom. The lowest BCUT2D eigenvalue weighted by Gasteiger charge is -2.38. The zero-order valence-electron chi connectivity index (χ0n) is 10.3. The van der Waals surface area contributed by atoms with Crippen LogP contribution < -0.4 is 10.2 Å². The zero-order chi connectivity index (χ0) is 12.7. The summed E-state index contributed by atoms with van der Waals surface area (Å²) in [7, 11) is 1.85. The molecule has 2 aliphatic rings. The summed E-state index contributed by atoms with van der Waals surface area (Å²) in [5, 5.41) is 12.9. The highest BCUT2D eigenvalue weighted by Crippen LogP contribution is 2.42. The van der Waals surface area contributed by atoms with Crippen LogP contribution in [0.25, 0.3) is 0 Å². The third-order valence-electron chi connectivity index (χ3n) is 3.96. The average molecular weight is 313 g/mol. The van der Waals surface area contributed by atoms with Crippen LogP contribution in [0.5, 0.6) is 0 Å². The van der Waals surface area contributed by atoms with Gasteiger partial charge in [0.05, 0.1) is 6.10 Å². The molecule has 3 rings (SSSR count). The van der Waals surface area contributed by atoms with E-state index in [1.165, 1.54) is 0 Å². The molecule has 2 atom stereocenters. The molecule has 2 unspecified atom stereocenters. The van der Waals surface area contributed by atoms with Gasteiger partial charge in [-0.15, -0.1) is 0 Å². The molecule has 6 heteroatoms. The molecule has 2 bridgehead atoms. The van der Waals surface area contributed by atoms with Crippen LogP contribution in [0.3, 0.4) is 0 Å². The molecule has 2 N–H and O–H groups in total. The lowest BCUT2D eigenvalue weighted by atomic mass is 10.00. The molecule has 2 aliphatic heterocycles. The second kappa shape index (κ2) is 4.66. The number of rotatable bonds is 2. The van der Waals surface area contributed by atoms with Crippen LogP contribution in [0.15, 0.2) is 10.8 Å². The number of aromatic nitrogens is 2. The smallest absolute Gasteiger partial charge is 0.149 e. The molecule has 1 aromatic rings. The maximum atomic E-state index is 9.84. The molecular formula is C12H17BrN4O. The van der Waals surface area contributed by atoms with Crippen LogP contribution in [0.4, 0.5) is 11.6 Å². The Balaban J connectivity index is 1.96. The fraction of sp³-hybridized carbons (Fsp3) is 0.667. The van der Waals surface area contributed by atoms with Crippen molar-refractivity contribution in [2.75, 3.05) is 17.3 Å². The summed E-state index contributed by atoms with van der Waals surface area (Å²) < 4.78 is 0.917. The lowest BCUT2D eigenvalue weighted by molar-refractivity contribution is 0.126. The van der Waals surface area contributed by atoms with Crippen molar-refractivity contribution in [1.29, 1.82) is 0 Å². The van der Waals surface area contributed by atoms with Crippen LogP contribution in [-0.4, -0.2) is 40.3 Å². The van der Waals surface area contributed by atoms with Gasteiger partial charge in [0.15, 0.2) is 0 Å². The molecule has 0 spiro atoms. The number of anilines is 2. The first-order valence-electron chi connectivity index (χ1n) is 6.35. The molecule has 5 nitrogen and oxygen atoms in total. The molecule has 0 saturated carbocycles. The molecule has 2 fully saturated rings. The highest BCUT2D eigenvalue weighted by atomic mass is 79.9. The molecular weight excluding hydrogens is 296 g/mol. The van der Waals surface area contributed by atoms with E-state index in [0.717, 1.165) is 41.8 Å². The quantitative estimate of drug-likeness (QED) is 0.871. The number of piperidine rings is 1. The molecule has 0 aromatic carbocycles. The predicted molar refractivity (Wildman–Crippen MR) is 73.8 cm³/mol. The fourth-order valence-corrected chi connectivity index (χ4v) is 3.82. The first kappa shape index (κ1) is 12.2. The van der Waals surface area contributed by atoms with Gasteiger partial charge in [0.2, 0.25) is 0 Å². The number of nitrogens with one attached hydrogen (secondary N) is 1. The summed E-state index contributed by atoms with van der Waals surface area (Å²) in [6, 6.07) is 0.823. The Labute approximate surface area is 115 Å². The van der Waals surface area contributed by atoms with Gasteiger partial charge in [-0.05, 0) is 41.6 Å². The lowest BCUT2D eigenvalue weighted by Crippen LogP contribution is -2.45. The van der Waals surface area contributed by atoms with Crippen LogP contribution in [-0.2, 0) is 0 Å². The van der Waals surface area contributed by atoms with Crippen molar-refractivity contribution < 1.29 is 5.11 Å². The third-order valence-corrected chi connectivity index (χ3v) is 4.69. The van der Waals surface area contributed by atoms with Crippen molar-refractivity contribution >= 4 is 27.6 Å². The minimum Gasteiger partial charge on any atom is -0.393 e. The SMILES string of the molecule is CNc1ncnc(N2C3CCC2CC(O)C3)c1Br. The van der Waals surface area contributed by atoms with Gasteiger partial charge in [-0.3, -0.25) is 0 Å². The number of hydrogen-bond acceptors (Lipinski definition) is 5. The van der Waals surface area contributed by atoms with Crippen LogP contribution in [0.2, 0.25) is 0 Å². The summed E-state index contributed by atoms with van der Waals surface area (Å²) in [5.41, 5.74) is 0. The van der Waals surface area contributed by atoms with E-state index in [1.54, 1.807) is 6.33 Å². The maximum absolute atomic E-state index is 9.84. The van der Waals surface area contributed by atoms with Crippen LogP contribution in [0, 0.1) is 0 Å². The van der Waals surface area contributed by atoms with Crippen molar-refractivity contribution in [2.45, 2.75) is 43.9 Å². The van der Waals surface area contributed by atoms with Crippen LogP contribution >= 0.6 is 15.9 Å². The van der Waals surface area contributed by atoms with Crippen molar-refractivity contribution in [3.8, 4) is 0 Å². The van der Waals surface area contributed by atoms with Crippen molar-refractivity contribution in [3.05, 3.63) is 10.8 Å². The number of halogens is 1. The van der Waals surface area contributed by atoms with Gasteiger partial charge in [-0.1, -0.05) is 0 Å². The molecule has 0 amide bonds. The Hall–Kier alpha value is -0.880. The Morgan fingerprint density at radius 1 is 1.33 bits per heavy atom. The van der Waals surface area contributed by atoms with E-state index in [-0.39, 0.29) is 6.10 Å². The van der Waals surface area contributed by atoms with Gasteiger partial charge >= 0.3 is 0 Å². The molecule has 0 aliphatic carbocycles. The fourth-order valence-electron chi connectivity index (χ4n) is 3.21. The predicted octanol–water partition coefficient (Wildman–Crippen LogP) is 1.77. The van der Waals surface area contributed by atoms with E-state index < -0.39 is 0 Å². The van der Waals surface area contributed by atoms with E-state index in [4.69, 9.17) is 0 Å². The van der Waals surface area contributed by atoms with E-state index in [1.807, 2.05) is 7.05 Å². The molecule has 1 aromatic heterocycles. The second-order valence-electron chi connectivity index (χ2n) is 5.03. The molecule has 18 heavy (non-hydrogen) atoms. The summed E-state index contributed by atoms with van der Waals surface area (Å²) in [6.07, 6.45) is 5.43. The largest absolute Gasteiger partial charge is 0.393 e. The summed E-state index contributed by atoms with van der Waals surface area (Å²) in [6.45, 7) is 0. The van der Waals surface area contributed by atoms with E-state index in [2.05, 4.69) is 36.1 Å². The van der Waals surface area contributed by atoms with E-state index >= 15 is 0 Å². The number of fused-ring (bicyclic) bond motifs is 2. The van der Waals surface area contributed by atoms with Gasteiger partial charge in [0.25, 0.3) is 0 Å². The summed E-state index contributed by atoms with van der Waals surface area (Å²) in [4.78, 5) is 11.0. The number of aliphatic hydroxyl groups is 1. The second-order valence-corrected chi connectivity index (χ2v) is 5.82. The molecule has 3 heterocycles. The monoisotopic (exact) mass is 312 g/mol. The van der Waals surface area contributed by atoms with Gasteiger partial charge < -0.3 is 15.3 Å². The van der Waals surface area contributed by atoms with Crippen molar-refractivity contribution in [3.63, 3.8) is 0 Å². The molecule has 2 saturated heterocycles. The molecule has 98 valence electrons. The summed E-state index contributed by atoms with van der Waals surface area (Å²) >= 11 is 3.58. The minimum absolute atomic E-state index is 0.150. The minimum atomic E-state index is -0.150. The Kier molecular flexibility index (Phi) is 3.15. The summed E-state index contributed by atoms with van der Waals surface area (Å²) in [5.74, 6) is 1.76. The van der Waals surface area contributed by atoms with Gasteiger partial charge in [-0.2, -0.15) is 0 Å². The first-order chi connectivity index (χ1) is 8.70. The highest BCUT2D eigenvalue weighted by Gasteiger charge is 2.41. The van der Waals surface area contributed by atoms with Crippen molar-refractivity contribution in [1.82, 2.24) is 9.97 Å². The normalized spacial score (nSPS) is 30.6. The van der Waals surface area contributed by atoms with E-state index in [0.29, 0.717) is 12.1 Å². The van der Waals surface area contributed by atoms with E-state index in [9.17, 15) is 5.11 Å². The maximum Gasteiger partial charge on any atom is 0.149 e. The topological polar surface area (TPSA) is 61.3 Å². The highest BCUT2D eigenvalue weighted by molar-refractivity contribution is 9.10. The van der Waals surface area contributed by atoms with Crippen LogP contribution in [0.1, 0.15) is 25.7 Å². The Morgan fingerprint density at radius 2 is 2.00 bits per heavy atom. The average Bonchev–Trinajstić information content (AvgIpc) is 2.62. The number of aliphatic hydroxyl groups excluding tert-OH is 1. The Bertz CT molecular complexity index is 442. The third kappa shape index (κ3) is 1.87. The van der Waals surface area contributed by atoms with Gasteiger partial charge in [-0.25, -0.2) is 9.97 Å². The van der Waals surface area contributed by atoms with Gasteiger partial charge in [0, 0.05) is 19.1 Å². The first-order valence-corrected chi connectivity index (χ1v) is 7.14. The van der Waals surface area contributed by atoms with Gasteiger partial charge in [0.1, 0.15) is 22.4 Å². The number of nitrogens with zero attached hydrogens (tertiary/aromatic N) is 3.